The van der Waals surface area contributed by atoms with Crippen LogP contribution in [0.4, 0.5) is 10.1 Å². The van der Waals surface area contributed by atoms with Crippen molar-refractivity contribution >= 4 is 5.69 Å². The topological polar surface area (TPSA) is 48.1 Å². The van der Waals surface area contributed by atoms with Crippen molar-refractivity contribution in [1.82, 2.24) is 4.98 Å². The van der Waals surface area contributed by atoms with E-state index in [1.807, 2.05) is 6.92 Å². The molecule has 1 aromatic heterocycles. The summed E-state index contributed by atoms with van der Waals surface area (Å²) >= 11 is 0. The van der Waals surface area contributed by atoms with Crippen LogP contribution in [0, 0.1) is 5.82 Å². The van der Waals surface area contributed by atoms with Crippen LogP contribution in [0.25, 0.3) is 0 Å². The van der Waals surface area contributed by atoms with Gasteiger partial charge in [0, 0.05) is 6.07 Å². The second-order valence-corrected chi connectivity index (χ2v) is 2.40. The van der Waals surface area contributed by atoms with Crippen LogP contribution < -0.4 is 10.5 Å². The highest BCUT2D eigenvalue weighted by atomic mass is 19.1. The number of nitrogen functional groups attached to an aromatic ring is 1. The molecule has 0 aliphatic rings. The summed E-state index contributed by atoms with van der Waals surface area (Å²) in [6.45, 7) is 2.41. The molecule has 0 aromatic carbocycles. The summed E-state index contributed by atoms with van der Waals surface area (Å²) in [5.74, 6) is -0.491. The Kier molecular flexibility index (Phi) is 2.85. The fourth-order valence-electron chi connectivity index (χ4n) is 0.745. The summed E-state index contributed by atoms with van der Waals surface area (Å²) in [5.41, 5.74) is 5.60. The Morgan fingerprint density at radius 2 is 2.42 bits per heavy atom. The lowest BCUT2D eigenvalue weighted by molar-refractivity contribution is 0.288. The minimum absolute atomic E-state index is 0.0195. The van der Waals surface area contributed by atoms with Gasteiger partial charge in [0.1, 0.15) is 0 Å². The molecule has 0 bridgehead atoms. The third-order valence-electron chi connectivity index (χ3n) is 1.27. The van der Waals surface area contributed by atoms with Crippen molar-refractivity contribution in [2.75, 3.05) is 12.3 Å². The lowest BCUT2D eigenvalue weighted by atomic mass is 10.4. The van der Waals surface area contributed by atoms with E-state index in [4.69, 9.17) is 10.5 Å². The van der Waals surface area contributed by atoms with Gasteiger partial charge in [0.15, 0.2) is 5.82 Å². The molecule has 0 unspecified atom stereocenters. The summed E-state index contributed by atoms with van der Waals surface area (Å²) in [6.07, 6.45) is 2.19. The third kappa shape index (κ3) is 2.08. The van der Waals surface area contributed by atoms with Crippen molar-refractivity contribution in [2.45, 2.75) is 13.3 Å². The second-order valence-electron chi connectivity index (χ2n) is 2.40. The minimum Gasteiger partial charge on any atom is -0.476 e. The molecule has 1 heterocycles. The lowest BCUT2D eigenvalue weighted by Crippen LogP contribution is -2.00. The highest BCUT2D eigenvalue weighted by molar-refractivity contribution is 5.37. The number of hydrogen-bond donors (Lipinski definition) is 1. The predicted octanol–water partition coefficient (Wildman–Crippen LogP) is 1.59. The van der Waals surface area contributed by atoms with Gasteiger partial charge >= 0.3 is 0 Å². The number of nitrogens with two attached hydrogens (primary N) is 1. The third-order valence-corrected chi connectivity index (χ3v) is 1.27. The van der Waals surface area contributed by atoms with Crippen LogP contribution in [0.3, 0.4) is 0 Å². The van der Waals surface area contributed by atoms with Gasteiger partial charge in [0.25, 0.3) is 5.88 Å². The number of aromatic nitrogens is 1. The Balaban J connectivity index is 2.72. The predicted molar refractivity (Wildman–Crippen MR) is 44.4 cm³/mol. The molecule has 0 saturated carbocycles. The van der Waals surface area contributed by atoms with E-state index in [-0.39, 0.29) is 5.88 Å². The van der Waals surface area contributed by atoms with Crippen molar-refractivity contribution in [3.63, 3.8) is 0 Å². The van der Waals surface area contributed by atoms with Gasteiger partial charge in [-0.15, -0.1) is 0 Å². The second kappa shape index (κ2) is 3.90. The molecule has 0 aliphatic heterocycles. The molecule has 1 rings (SSSR count). The lowest BCUT2D eigenvalue weighted by Gasteiger charge is -2.03. The number of hydrogen-bond acceptors (Lipinski definition) is 3. The first kappa shape index (κ1) is 8.77. The first-order valence-electron chi connectivity index (χ1n) is 3.78. The van der Waals surface area contributed by atoms with E-state index in [0.29, 0.717) is 12.3 Å². The summed E-state index contributed by atoms with van der Waals surface area (Å²) in [7, 11) is 0. The van der Waals surface area contributed by atoms with Gasteiger partial charge in [-0.25, -0.2) is 9.37 Å². The molecule has 0 amide bonds. The zero-order valence-electron chi connectivity index (χ0n) is 6.88. The Labute approximate surface area is 70.4 Å². The van der Waals surface area contributed by atoms with Gasteiger partial charge in [-0.3, -0.25) is 0 Å². The highest BCUT2D eigenvalue weighted by Crippen LogP contribution is 2.15. The highest BCUT2D eigenvalue weighted by Gasteiger charge is 2.03. The van der Waals surface area contributed by atoms with Crippen molar-refractivity contribution in [2.24, 2.45) is 0 Å². The minimum atomic E-state index is -0.511. The van der Waals surface area contributed by atoms with Gasteiger partial charge in [0.05, 0.1) is 18.5 Å². The van der Waals surface area contributed by atoms with Gasteiger partial charge in [-0.05, 0) is 6.42 Å². The monoisotopic (exact) mass is 170 g/mol. The molecule has 0 radical (unpaired) electrons. The zero-order valence-corrected chi connectivity index (χ0v) is 6.88. The molecule has 0 aliphatic carbocycles. The van der Waals surface area contributed by atoms with Crippen LogP contribution >= 0.6 is 0 Å². The molecule has 3 nitrogen and oxygen atoms in total. The largest absolute Gasteiger partial charge is 0.476 e. The van der Waals surface area contributed by atoms with Gasteiger partial charge in [-0.2, -0.15) is 0 Å². The molecule has 0 saturated heterocycles. The Morgan fingerprint density at radius 3 is 3.00 bits per heavy atom. The number of anilines is 1. The molecule has 0 spiro atoms. The van der Waals surface area contributed by atoms with Crippen LogP contribution in [-0.2, 0) is 0 Å². The fraction of sp³-hybridized carbons (Fsp3) is 0.375. The Morgan fingerprint density at radius 1 is 1.67 bits per heavy atom. The van der Waals surface area contributed by atoms with E-state index in [2.05, 4.69) is 4.98 Å². The maximum Gasteiger partial charge on any atom is 0.250 e. The van der Waals surface area contributed by atoms with Crippen LogP contribution in [0.1, 0.15) is 13.3 Å². The number of rotatable bonds is 3. The van der Waals surface area contributed by atoms with Gasteiger partial charge < -0.3 is 10.5 Å². The standard InChI is InChI=1S/C8H11FN2O/c1-2-3-12-8-7(9)4-6(10)5-11-8/h4-5H,2-3,10H2,1H3. The molecular formula is C8H11FN2O. The number of ether oxygens (including phenoxy) is 1. The number of nitrogens with zero attached hydrogens (tertiary/aromatic N) is 1. The Hall–Kier alpha value is -1.32. The van der Waals surface area contributed by atoms with Crippen molar-refractivity contribution in [3.8, 4) is 5.88 Å². The van der Waals surface area contributed by atoms with Crippen LogP contribution in [0.2, 0.25) is 0 Å². The van der Waals surface area contributed by atoms with Crippen LogP contribution in [-0.4, -0.2) is 11.6 Å². The normalized spacial score (nSPS) is 9.83. The SMILES string of the molecule is CCCOc1ncc(N)cc1F. The van der Waals surface area contributed by atoms with Crippen molar-refractivity contribution < 1.29 is 9.13 Å². The van der Waals surface area contributed by atoms with E-state index < -0.39 is 5.82 Å². The van der Waals surface area contributed by atoms with Gasteiger partial charge in [0.2, 0.25) is 0 Å². The quantitative estimate of drug-likeness (QED) is 0.749. The molecule has 0 atom stereocenters. The first-order chi connectivity index (χ1) is 5.74. The number of halogens is 1. The molecular weight excluding hydrogens is 159 g/mol. The van der Waals surface area contributed by atoms with E-state index >= 15 is 0 Å². The van der Waals surface area contributed by atoms with Crippen molar-refractivity contribution in [1.29, 1.82) is 0 Å². The molecule has 2 N–H and O–H groups in total. The summed E-state index contributed by atoms with van der Waals surface area (Å²) in [5, 5.41) is 0. The van der Waals surface area contributed by atoms with E-state index in [9.17, 15) is 4.39 Å². The summed E-state index contributed by atoms with van der Waals surface area (Å²) in [6, 6.07) is 1.19. The molecule has 66 valence electrons. The molecule has 12 heavy (non-hydrogen) atoms. The van der Waals surface area contributed by atoms with E-state index in [1.54, 1.807) is 0 Å². The first-order valence-corrected chi connectivity index (χ1v) is 3.78. The average molecular weight is 170 g/mol. The smallest absolute Gasteiger partial charge is 0.250 e. The van der Waals surface area contributed by atoms with Crippen molar-refractivity contribution in [3.05, 3.63) is 18.1 Å². The van der Waals surface area contributed by atoms with E-state index in [1.165, 1.54) is 12.3 Å². The van der Waals surface area contributed by atoms with Crippen LogP contribution in [0.5, 0.6) is 5.88 Å². The van der Waals surface area contributed by atoms with Crippen LogP contribution in [0.15, 0.2) is 12.3 Å². The zero-order chi connectivity index (χ0) is 8.97. The maximum absolute atomic E-state index is 12.9. The molecule has 4 heteroatoms. The Bertz CT molecular complexity index is 265. The molecule has 1 aromatic rings. The van der Waals surface area contributed by atoms with Gasteiger partial charge in [-0.1, -0.05) is 6.92 Å². The molecule has 0 fully saturated rings. The maximum atomic E-state index is 12.9. The summed E-state index contributed by atoms with van der Waals surface area (Å²) in [4.78, 5) is 3.69. The number of pyridine rings is 1. The van der Waals surface area contributed by atoms with E-state index in [0.717, 1.165) is 6.42 Å². The average Bonchev–Trinajstić information content (AvgIpc) is 2.03. The fourth-order valence-corrected chi connectivity index (χ4v) is 0.745. The summed E-state index contributed by atoms with van der Waals surface area (Å²) < 4.78 is 17.9.